The molecule has 0 N–H and O–H groups in total. The first-order valence-corrected chi connectivity index (χ1v) is 6.36. The van der Waals surface area contributed by atoms with Crippen molar-refractivity contribution in [3.05, 3.63) is 40.4 Å². The van der Waals surface area contributed by atoms with Crippen molar-refractivity contribution < 1.29 is 9.63 Å². The number of carbonyl (C=O) groups is 1. The Labute approximate surface area is 114 Å². The summed E-state index contributed by atoms with van der Waals surface area (Å²) in [5.74, 6) is -0.228. The van der Waals surface area contributed by atoms with E-state index in [4.69, 9.17) is 16.4 Å². The molecule has 1 aromatic carbocycles. The van der Waals surface area contributed by atoms with Crippen LogP contribution in [0.3, 0.4) is 0 Å². The van der Waals surface area contributed by atoms with Crippen LogP contribution in [0.25, 0.3) is 10.6 Å². The Bertz CT molecular complexity index is 571. The Morgan fingerprint density at radius 3 is 2.83 bits per heavy atom. The first-order valence-electron chi connectivity index (χ1n) is 5.16. The molecular formula is C12H11ClN2O2S. The Balaban J connectivity index is 2.32. The van der Waals surface area contributed by atoms with Gasteiger partial charge in [-0.2, -0.15) is 0 Å². The van der Waals surface area contributed by atoms with E-state index in [1.807, 2.05) is 18.2 Å². The van der Waals surface area contributed by atoms with Crippen molar-refractivity contribution in [3.8, 4) is 10.6 Å². The normalized spacial score (nSPS) is 10.4. The van der Waals surface area contributed by atoms with E-state index in [1.165, 1.54) is 24.6 Å². The van der Waals surface area contributed by atoms with Crippen molar-refractivity contribution >= 4 is 28.8 Å². The number of halogens is 1. The molecule has 0 unspecified atom stereocenters. The zero-order valence-electron chi connectivity index (χ0n) is 9.88. The number of thiazole rings is 1. The molecule has 0 saturated carbocycles. The maximum Gasteiger partial charge on any atom is 0.288 e. The van der Waals surface area contributed by atoms with Crippen LogP contribution in [0.5, 0.6) is 0 Å². The lowest BCUT2D eigenvalue weighted by molar-refractivity contribution is -0.0754. The molecule has 0 aliphatic carbocycles. The van der Waals surface area contributed by atoms with Crippen molar-refractivity contribution in [2.45, 2.75) is 0 Å². The number of hydrogen-bond acceptors (Lipinski definition) is 4. The summed E-state index contributed by atoms with van der Waals surface area (Å²) in [6.45, 7) is 0. The molecule has 0 bridgehead atoms. The molecule has 1 aromatic heterocycles. The van der Waals surface area contributed by atoms with Gasteiger partial charge in [0.1, 0.15) is 9.88 Å². The molecule has 18 heavy (non-hydrogen) atoms. The summed E-state index contributed by atoms with van der Waals surface area (Å²) in [6.07, 6.45) is 1.53. The van der Waals surface area contributed by atoms with E-state index in [2.05, 4.69) is 4.98 Å². The van der Waals surface area contributed by atoms with Gasteiger partial charge in [0.05, 0.1) is 18.3 Å². The molecule has 0 aliphatic rings. The molecule has 1 amide bonds. The summed E-state index contributed by atoms with van der Waals surface area (Å²) in [5, 5.41) is 2.49. The number of rotatable bonds is 3. The highest BCUT2D eigenvalue weighted by Gasteiger charge is 2.16. The molecule has 4 nitrogen and oxygen atoms in total. The lowest BCUT2D eigenvalue weighted by Gasteiger charge is -2.11. The quantitative estimate of drug-likeness (QED) is 0.813. The van der Waals surface area contributed by atoms with Gasteiger partial charge in [0, 0.05) is 12.6 Å². The first-order chi connectivity index (χ1) is 8.63. The van der Waals surface area contributed by atoms with Gasteiger partial charge in [-0.3, -0.25) is 9.63 Å². The predicted octanol–water partition coefficient (Wildman–Crippen LogP) is 3.10. The van der Waals surface area contributed by atoms with Gasteiger partial charge in [0.15, 0.2) is 0 Å². The molecule has 2 rings (SSSR count). The second kappa shape index (κ2) is 5.48. The number of carbonyl (C=O) groups excluding carboxylic acids is 1. The van der Waals surface area contributed by atoms with Gasteiger partial charge in [0.25, 0.3) is 5.91 Å². The van der Waals surface area contributed by atoms with Crippen LogP contribution >= 0.6 is 22.9 Å². The molecule has 1 heterocycles. The first kappa shape index (κ1) is 13.0. The molecule has 0 atom stereocenters. The fourth-order valence-electron chi connectivity index (χ4n) is 1.37. The Hall–Kier alpha value is -1.43. The summed E-state index contributed by atoms with van der Waals surface area (Å²) in [7, 11) is 2.99. The third kappa shape index (κ3) is 2.53. The van der Waals surface area contributed by atoms with E-state index in [1.54, 1.807) is 13.1 Å². The molecular weight excluding hydrogens is 272 g/mol. The Kier molecular flexibility index (Phi) is 3.96. The van der Waals surface area contributed by atoms with E-state index >= 15 is 0 Å². The molecule has 0 spiro atoms. The van der Waals surface area contributed by atoms with E-state index in [9.17, 15) is 4.79 Å². The molecule has 0 fully saturated rings. The maximum atomic E-state index is 11.8. The van der Waals surface area contributed by atoms with Crippen LogP contribution in [0.1, 0.15) is 9.67 Å². The maximum absolute atomic E-state index is 11.8. The Morgan fingerprint density at radius 1 is 1.44 bits per heavy atom. The number of hydrogen-bond donors (Lipinski definition) is 0. The smallest absolute Gasteiger partial charge is 0.274 e. The minimum absolute atomic E-state index is 0.228. The predicted molar refractivity (Wildman–Crippen MR) is 71.7 cm³/mol. The minimum atomic E-state index is -0.228. The third-order valence-electron chi connectivity index (χ3n) is 2.38. The van der Waals surface area contributed by atoms with Crippen LogP contribution in [0.4, 0.5) is 0 Å². The molecule has 2 aromatic rings. The van der Waals surface area contributed by atoms with E-state index in [0.717, 1.165) is 10.6 Å². The zero-order valence-corrected chi connectivity index (χ0v) is 11.5. The number of nitrogens with zero attached hydrogens (tertiary/aromatic N) is 2. The number of amides is 1. The molecule has 0 radical (unpaired) electrons. The lowest BCUT2D eigenvalue weighted by atomic mass is 10.2. The van der Waals surface area contributed by atoms with Crippen LogP contribution in [0.15, 0.2) is 30.5 Å². The average molecular weight is 283 g/mol. The number of hydroxylamine groups is 2. The van der Waals surface area contributed by atoms with Gasteiger partial charge in [-0.05, 0) is 6.07 Å². The van der Waals surface area contributed by atoms with Crippen LogP contribution in [-0.2, 0) is 4.84 Å². The van der Waals surface area contributed by atoms with Gasteiger partial charge < -0.3 is 0 Å². The van der Waals surface area contributed by atoms with Gasteiger partial charge in [-0.15, -0.1) is 11.3 Å². The summed E-state index contributed by atoms with van der Waals surface area (Å²) in [5.41, 5.74) is 0.822. The van der Waals surface area contributed by atoms with Gasteiger partial charge >= 0.3 is 0 Å². The van der Waals surface area contributed by atoms with Crippen LogP contribution < -0.4 is 0 Å². The zero-order chi connectivity index (χ0) is 13.1. The SMILES string of the molecule is CON(C)C(=O)c1cnc(-c2ccccc2Cl)s1. The molecule has 94 valence electrons. The largest absolute Gasteiger partial charge is 0.288 e. The molecule has 0 aliphatic heterocycles. The van der Waals surface area contributed by atoms with Gasteiger partial charge in [-0.25, -0.2) is 10.0 Å². The fourth-order valence-corrected chi connectivity index (χ4v) is 2.57. The van der Waals surface area contributed by atoms with Crippen molar-refractivity contribution in [2.24, 2.45) is 0 Å². The fraction of sp³-hybridized carbons (Fsp3) is 0.167. The van der Waals surface area contributed by atoms with Crippen LogP contribution in [0, 0.1) is 0 Å². The Morgan fingerprint density at radius 2 is 2.17 bits per heavy atom. The van der Waals surface area contributed by atoms with Crippen LogP contribution in [0.2, 0.25) is 5.02 Å². The number of benzene rings is 1. The number of aromatic nitrogens is 1. The monoisotopic (exact) mass is 282 g/mol. The van der Waals surface area contributed by atoms with Crippen molar-refractivity contribution in [3.63, 3.8) is 0 Å². The lowest BCUT2D eigenvalue weighted by Crippen LogP contribution is -2.24. The summed E-state index contributed by atoms with van der Waals surface area (Å²) in [4.78, 5) is 21.4. The van der Waals surface area contributed by atoms with Crippen molar-refractivity contribution in [1.29, 1.82) is 0 Å². The second-order valence-corrected chi connectivity index (χ2v) is 4.93. The van der Waals surface area contributed by atoms with Crippen LogP contribution in [-0.4, -0.2) is 30.1 Å². The molecule has 0 saturated heterocycles. The van der Waals surface area contributed by atoms with Crippen molar-refractivity contribution in [1.82, 2.24) is 10.0 Å². The third-order valence-corrected chi connectivity index (χ3v) is 3.73. The highest BCUT2D eigenvalue weighted by Crippen LogP contribution is 2.31. The highest BCUT2D eigenvalue weighted by atomic mass is 35.5. The highest BCUT2D eigenvalue weighted by molar-refractivity contribution is 7.17. The molecule has 6 heteroatoms. The van der Waals surface area contributed by atoms with Gasteiger partial charge in [0.2, 0.25) is 0 Å². The average Bonchev–Trinajstić information content (AvgIpc) is 2.87. The van der Waals surface area contributed by atoms with E-state index in [-0.39, 0.29) is 5.91 Å². The van der Waals surface area contributed by atoms with Crippen molar-refractivity contribution in [2.75, 3.05) is 14.2 Å². The second-order valence-electron chi connectivity index (χ2n) is 3.49. The van der Waals surface area contributed by atoms with E-state index in [0.29, 0.717) is 14.9 Å². The standard InChI is InChI=1S/C12H11ClN2O2S/c1-15(17-2)12(16)10-7-14-11(18-10)8-5-3-4-6-9(8)13/h3-7H,1-2H3. The van der Waals surface area contributed by atoms with E-state index < -0.39 is 0 Å². The summed E-state index contributed by atoms with van der Waals surface area (Å²) in [6, 6.07) is 7.39. The topological polar surface area (TPSA) is 42.4 Å². The van der Waals surface area contributed by atoms with Gasteiger partial charge in [-0.1, -0.05) is 29.8 Å². The summed E-state index contributed by atoms with van der Waals surface area (Å²) < 4.78 is 0. The minimum Gasteiger partial charge on any atom is -0.274 e. The summed E-state index contributed by atoms with van der Waals surface area (Å²) >= 11 is 7.37.